The van der Waals surface area contributed by atoms with E-state index in [-0.39, 0.29) is 0 Å². The van der Waals surface area contributed by atoms with Crippen LogP contribution in [0.4, 0.5) is 0 Å². The van der Waals surface area contributed by atoms with Gasteiger partial charge in [-0.15, -0.1) is 11.3 Å². The SMILES string of the molecule is CCCNC(Cc1nccs1)c1ccccc1C. The van der Waals surface area contributed by atoms with Crippen molar-refractivity contribution in [3.05, 3.63) is 52.0 Å². The van der Waals surface area contributed by atoms with Crippen LogP contribution in [0.3, 0.4) is 0 Å². The molecule has 0 aliphatic carbocycles. The topological polar surface area (TPSA) is 24.9 Å². The van der Waals surface area contributed by atoms with Gasteiger partial charge in [-0.25, -0.2) is 4.98 Å². The Morgan fingerprint density at radius 2 is 2.17 bits per heavy atom. The van der Waals surface area contributed by atoms with E-state index in [0.29, 0.717) is 6.04 Å². The van der Waals surface area contributed by atoms with Gasteiger partial charge >= 0.3 is 0 Å². The maximum atomic E-state index is 4.40. The highest BCUT2D eigenvalue weighted by molar-refractivity contribution is 7.09. The quantitative estimate of drug-likeness (QED) is 0.856. The first-order valence-corrected chi connectivity index (χ1v) is 7.36. The molecule has 0 bridgehead atoms. The molecule has 0 saturated carbocycles. The van der Waals surface area contributed by atoms with Crippen LogP contribution >= 0.6 is 11.3 Å². The van der Waals surface area contributed by atoms with Gasteiger partial charge in [0.2, 0.25) is 0 Å². The third-order valence-corrected chi connectivity index (χ3v) is 3.87. The second-order valence-corrected chi connectivity index (χ2v) is 5.47. The molecule has 1 N–H and O–H groups in total. The van der Waals surface area contributed by atoms with E-state index >= 15 is 0 Å². The van der Waals surface area contributed by atoms with Crippen molar-refractivity contribution >= 4 is 11.3 Å². The van der Waals surface area contributed by atoms with Crippen LogP contribution in [0.25, 0.3) is 0 Å². The van der Waals surface area contributed by atoms with Crippen molar-refractivity contribution in [1.82, 2.24) is 10.3 Å². The van der Waals surface area contributed by atoms with E-state index in [1.54, 1.807) is 11.3 Å². The Balaban J connectivity index is 2.16. The zero-order valence-electron chi connectivity index (χ0n) is 11.0. The van der Waals surface area contributed by atoms with Crippen LogP contribution in [0, 0.1) is 6.92 Å². The molecule has 0 aliphatic heterocycles. The van der Waals surface area contributed by atoms with E-state index in [2.05, 4.69) is 48.4 Å². The molecule has 0 saturated heterocycles. The predicted octanol–water partition coefficient (Wildman–Crippen LogP) is 3.73. The second kappa shape index (κ2) is 6.66. The van der Waals surface area contributed by atoms with E-state index in [9.17, 15) is 0 Å². The lowest BCUT2D eigenvalue weighted by atomic mass is 9.99. The van der Waals surface area contributed by atoms with E-state index in [4.69, 9.17) is 0 Å². The van der Waals surface area contributed by atoms with Gasteiger partial charge in [-0.3, -0.25) is 0 Å². The summed E-state index contributed by atoms with van der Waals surface area (Å²) >= 11 is 1.73. The minimum Gasteiger partial charge on any atom is -0.310 e. The fourth-order valence-electron chi connectivity index (χ4n) is 2.12. The summed E-state index contributed by atoms with van der Waals surface area (Å²) in [4.78, 5) is 4.40. The average Bonchev–Trinajstić information content (AvgIpc) is 2.88. The number of rotatable bonds is 6. The Hall–Kier alpha value is -1.19. The van der Waals surface area contributed by atoms with Crippen LogP contribution in [0.5, 0.6) is 0 Å². The van der Waals surface area contributed by atoms with Gasteiger partial charge in [0, 0.05) is 24.0 Å². The first-order chi connectivity index (χ1) is 8.81. The van der Waals surface area contributed by atoms with E-state index in [1.807, 2.05) is 11.6 Å². The Kier molecular flexibility index (Phi) is 4.90. The smallest absolute Gasteiger partial charge is 0.0943 e. The molecule has 0 radical (unpaired) electrons. The number of hydrogen-bond donors (Lipinski definition) is 1. The molecule has 1 aromatic heterocycles. The Bertz CT molecular complexity index is 465. The van der Waals surface area contributed by atoms with Crippen molar-refractivity contribution in [3.63, 3.8) is 0 Å². The molecule has 0 amide bonds. The molecule has 3 heteroatoms. The molecule has 1 atom stereocenters. The molecule has 0 spiro atoms. The summed E-state index contributed by atoms with van der Waals surface area (Å²) < 4.78 is 0. The lowest BCUT2D eigenvalue weighted by Gasteiger charge is -2.20. The first kappa shape index (κ1) is 13.2. The van der Waals surface area contributed by atoms with E-state index in [1.165, 1.54) is 16.1 Å². The summed E-state index contributed by atoms with van der Waals surface area (Å²) in [5, 5.41) is 6.88. The zero-order chi connectivity index (χ0) is 12.8. The Morgan fingerprint density at radius 1 is 1.33 bits per heavy atom. The minimum atomic E-state index is 0.373. The maximum Gasteiger partial charge on any atom is 0.0943 e. The molecule has 1 heterocycles. The maximum absolute atomic E-state index is 4.40. The van der Waals surface area contributed by atoms with Gasteiger partial charge in [-0.1, -0.05) is 31.2 Å². The fraction of sp³-hybridized carbons (Fsp3) is 0.400. The predicted molar refractivity (Wildman–Crippen MR) is 78.0 cm³/mol. The molecular formula is C15H20N2S. The number of thiazole rings is 1. The summed E-state index contributed by atoms with van der Waals surface area (Å²) in [5.74, 6) is 0. The van der Waals surface area contributed by atoms with Gasteiger partial charge in [0.05, 0.1) is 5.01 Å². The summed E-state index contributed by atoms with van der Waals surface area (Å²) in [6.45, 7) is 5.42. The van der Waals surface area contributed by atoms with E-state index < -0.39 is 0 Å². The molecule has 18 heavy (non-hydrogen) atoms. The van der Waals surface area contributed by atoms with Crippen molar-refractivity contribution < 1.29 is 0 Å². The van der Waals surface area contributed by atoms with Crippen LogP contribution in [0.15, 0.2) is 35.8 Å². The molecule has 0 fully saturated rings. The number of hydrogen-bond acceptors (Lipinski definition) is 3. The van der Waals surface area contributed by atoms with Gasteiger partial charge in [0.15, 0.2) is 0 Å². The second-order valence-electron chi connectivity index (χ2n) is 4.49. The summed E-state index contributed by atoms with van der Waals surface area (Å²) in [6, 6.07) is 8.98. The van der Waals surface area contributed by atoms with Gasteiger partial charge in [-0.2, -0.15) is 0 Å². The molecule has 1 aromatic carbocycles. The van der Waals surface area contributed by atoms with Crippen LogP contribution in [-0.4, -0.2) is 11.5 Å². The number of nitrogens with one attached hydrogen (secondary N) is 1. The monoisotopic (exact) mass is 260 g/mol. The summed E-state index contributed by atoms with van der Waals surface area (Å²) in [5.41, 5.74) is 2.74. The fourth-order valence-corrected chi connectivity index (χ4v) is 2.78. The van der Waals surface area contributed by atoms with E-state index in [0.717, 1.165) is 19.4 Å². The zero-order valence-corrected chi connectivity index (χ0v) is 11.8. The normalized spacial score (nSPS) is 12.6. The molecule has 1 unspecified atom stereocenters. The van der Waals surface area contributed by atoms with Crippen molar-refractivity contribution in [3.8, 4) is 0 Å². The molecule has 2 aromatic rings. The number of nitrogens with zero attached hydrogens (tertiary/aromatic N) is 1. The van der Waals surface area contributed by atoms with Crippen LogP contribution in [-0.2, 0) is 6.42 Å². The lowest BCUT2D eigenvalue weighted by Crippen LogP contribution is -2.24. The van der Waals surface area contributed by atoms with Crippen LogP contribution in [0.2, 0.25) is 0 Å². The number of benzene rings is 1. The highest BCUT2D eigenvalue weighted by Crippen LogP contribution is 2.22. The summed E-state index contributed by atoms with van der Waals surface area (Å²) in [6.07, 6.45) is 4.01. The lowest BCUT2D eigenvalue weighted by molar-refractivity contribution is 0.526. The largest absolute Gasteiger partial charge is 0.310 e. The molecular weight excluding hydrogens is 240 g/mol. The first-order valence-electron chi connectivity index (χ1n) is 6.48. The van der Waals surface area contributed by atoms with Gasteiger partial charge in [0.1, 0.15) is 0 Å². The Morgan fingerprint density at radius 3 is 2.83 bits per heavy atom. The number of aryl methyl sites for hydroxylation is 1. The molecule has 2 rings (SSSR count). The Labute approximate surface area is 113 Å². The van der Waals surface area contributed by atoms with Crippen LogP contribution in [0.1, 0.15) is 35.5 Å². The standard InChI is InChI=1S/C15H20N2S/c1-3-8-16-14(11-15-17-9-10-18-15)13-7-5-4-6-12(13)2/h4-7,9-10,14,16H,3,8,11H2,1-2H3. The van der Waals surface area contributed by atoms with Gasteiger partial charge in [-0.05, 0) is 31.0 Å². The van der Waals surface area contributed by atoms with Crippen molar-refractivity contribution in [2.45, 2.75) is 32.7 Å². The minimum absolute atomic E-state index is 0.373. The molecule has 0 aliphatic rings. The summed E-state index contributed by atoms with van der Waals surface area (Å²) in [7, 11) is 0. The highest BCUT2D eigenvalue weighted by Gasteiger charge is 2.14. The van der Waals surface area contributed by atoms with Crippen LogP contribution < -0.4 is 5.32 Å². The van der Waals surface area contributed by atoms with Gasteiger partial charge in [0.25, 0.3) is 0 Å². The average molecular weight is 260 g/mol. The molecule has 96 valence electrons. The third kappa shape index (κ3) is 3.40. The van der Waals surface area contributed by atoms with Gasteiger partial charge < -0.3 is 5.32 Å². The van der Waals surface area contributed by atoms with Crippen molar-refractivity contribution in [1.29, 1.82) is 0 Å². The van der Waals surface area contributed by atoms with Crippen molar-refractivity contribution in [2.24, 2.45) is 0 Å². The van der Waals surface area contributed by atoms with Crippen molar-refractivity contribution in [2.75, 3.05) is 6.54 Å². The highest BCUT2D eigenvalue weighted by atomic mass is 32.1. The number of aromatic nitrogens is 1. The third-order valence-electron chi connectivity index (χ3n) is 3.07. The molecule has 2 nitrogen and oxygen atoms in total.